The molecule has 4 rings (SSSR count). The first kappa shape index (κ1) is 25.1. The number of nitrogens with one attached hydrogen (secondary N) is 1. The third-order valence-corrected chi connectivity index (χ3v) is 6.74. The van der Waals surface area contributed by atoms with E-state index in [1.54, 1.807) is 13.0 Å². The smallest absolute Gasteiger partial charge is 0.355 e. The normalized spacial score (nSPS) is 19.0. The minimum atomic E-state index is -0.920. The number of anilines is 1. The molecular formula is C20H19N7O7S2. The van der Waals surface area contributed by atoms with Crippen LogP contribution in [0.4, 0.5) is 10.8 Å². The molecule has 16 heteroatoms. The molecule has 1 aromatic heterocycles. The van der Waals surface area contributed by atoms with E-state index >= 15 is 0 Å². The highest BCUT2D eigenvalue weighted by Gasteiger charge is 2.53. The second kappa shape index (κ2) is 10.7. The molecule has 36 heavy (non-hydrogen) atoms. The molecule has 1 unspecified atom stereocenters. The van der Waals surface area contributed by atoms with E-state index in [4.69, 9.17) is 15.3 Å². The van der Waals surface area contributed by atoms with Crippen molar-refractivity contribution in [2.24, 2.45) is 5.16 Å². The Balaban J connectivity index is 1.39. The van der Waals surface area contributed by atoms with Crippen molar-refractivity contribution in [1.82, 2.24) is 19.6 Å². The molecular weight excluding hydrogens is 514 g/mol. The lowest BCUT2D eigenvalue weighted by molar-refractivity contribution is -0.384. The second-order valence-electron chi connectivity index (χ2n) is 7.29. The molecule has 1 fully saturated rings. The van der Waals surface area contributed by atoms with Gasteiger partial charge < -0.3 is 20.6 Å². The summed E-state index contributed by atoms with van der Waals surface area (Å²) in [5.74, 6) is -1.57. The molecule has 3 heterocycles. The quantitative estimate of drug-likeness (QED) is 0.152. The van der Waals surface area contributed by atoms with Crippen molar-refractivity contribution in [3.63, 3.8) is 0 Å². The minimum absolute atomic E-state index is 0.0289. The van der Waals surface area contributed by atoms with Gasteiger partial charge in [0.05, 0.1) is 4.92 Å². The average molecular weight is 534 g/mol. The van der Waals surface area contributed by atoms with Crippen LogP contribution in [0.25, 0.3) is 0 Å². The monoisotopic (exact) mass is 533 g/mol. The molecule has 2 atom stereocenters. The van der Waals surface area contributed by atoms with Crippen LogP contribution in [-0.2, 0) is 30.6 Å². The molecule has 0 radical (unpaired) electrons. The summed E-state index contributed by atoms with van der Waals surface area (Å²) in [7, 11) is 0. The van der Waals surface area contributed by atoms with E-state index in [1.807, 2.05) is 0 Å². The van der Waals surface area contributed by atoms with Crippen molar-refractivity contribution in [1.29, 1.82) is 0 Å². The van der Waals surface area contributed by atoms with Crippen molar-refractivity contribution < 1.29 is 28.9 Å². The number of fused-ring (bicyclic) bond motifs is 1. The number of oxime groups is 1. The summed E-state index contributed by atoms with van der Waals surface area (Å²) in [5, 5.41) is 16.7. The maximum Gasteiger partial charge on any atom is 0.355 e. The van der Waals surface area contributed by atoms with Crippen LogP contribution >= 0.6 is 23.3 Å². The van der Waals surface area contributed by atoms with Gasteiger partial charge in [-0.05, 0) is 30.7 Å². The molecule has 0 aliphatic carbocycles. The average Bonchev–Trinajstić information content (AvgIpc) is 3.31. The number of hydrogen-bond acceptors (Lipinski definition) is 13. The lowest BCUT2D eigenvalue weighted by Crippen LogP contribution is -2.70. The minimum Gasteiger partial charge on any atom is -0.456 e. The number of carbonyl (C=O) groups is 3. The number of thioether (sulfide) groups is 1. The Morgan fingerprint density at radius 1 is 1.36 bits per heavy atom. The Kier molecular flexibility index (Phi) is 7.44. The number of rotatable bonds is 9. The zero-order valence-corrected chi connectivity index (χ0v) is 20.3. The number of aromatic nitrogens is 2. The summed E-state index contributed by atoms with van der Waals surface area (Å²) in [5.41, 5.74) is 5.90. The summed E-state index contributed by atoms with van der Waals surface area (Å²) in [4.78, 5) is 58.8. The SMILES string of the molecule is CCON=C(C(=O)NC1C(=O)N2C(C(=O)OCc3ccc([N+](=O)[O-])cc3)=CCS[C@@H]12)c1nsc(N)n1. The van der Waals surface area contributed by atoms with Crippen molar-refractivity contribution in [3.05, 3.63) is 57.5 Å². The second-order valence-corrected chi connectivity index (χ2v) is 9.22. The number of non-ortho nitro benzene ring substituents is 1. The van der Waals surface area contributed by atoms with E-state index in [0.29, 0.717) is 11.3 Å². The Bertz CT molecular complexity index is 1260. The molecule has 2 aliphatic heterocycles. The molecule has 1 saturated heterocycles. The molecule has 0 spiro atoms. The first-order valence-electron chi connectivity index (χ1n) is 10.5. The van der Waals surface area contributed by atoms with Gasteiger partial charge in [-0.15, -0.1) is 11.8 Å². The molecule has 2 aliphatic rings. The van der Waals surface area contributed by atoms with Gasteiger partial charge in [0, 0.05) is 29.4 Å². The van der Waals surface area contributed by atoms with Gasteiger partial charge in [0.1, 0.15) is 30.3 Å². The van der Waals surface area contributed by atoms with Crippen molar-refractivity contribution in [3.8, 4) is 0 Å². The number of nitro groups is 1. The largest absolute Gasteiger partial charge is 0.456 e. The lowest BCUT2D eigenvalue weighted by atomic mass is 10.0. The zero-order valence-electron chi connectivity index (χ0n) is 18.7. The van der Waals surface area contributed by atoms with E-state index in [9.17, 15) is 24.5 Å². The number of ether oxygens (including phenoxy) is 1. The number of nitrogen functional groups attached to an aromatic ring is 1. The Morgan fingerprint density at radius 3 is 2.75 bits per heavy atom. The fraction of sp³-hybridized carbons (Fsp3) is 0.300. The first-order valence-corrected chi connectivity index (χ1v) is 12.3. The van der Waals surface area contributed by atoms with Crippen molar-refractivity contribution in [2.75, 3.05) is 18.1 Å². The van der Waals surface area contributed by atoms with Gasteiger partial charge in [-0.25, -0.2) is 4.79 Å². The van der Waals surface area contributed by atoms with Gasteiger partial charge in [-0.2, -0.15) is 9.36 Å². The van der Waals surface area contributed by atoms with Crippen LogP contribution in [0, 0.1) is 10.1 Å². The number of hydrogen-bond donors (Lipinski definition) is 2. The van der Waals surface area contributed by atoms with E-state index in [1.165, 1.54) is 40.9 Å². The maximum atomic E-state index is 12.9. The number of carbonyl (C=O) groups excluding carboxylic acids is 3. The maximum absolute atomic E-state index is 12.9. The molecule has 1 aromatic carbocycles. The summed E-state index contributed by atoms with van der Waals surface area (Å²) in [6.45, 7) is 1.75. The van der Waals surface area contributed by atoms with Gasteiger partial charge in [0.2, 0.25) is 11.5 Å². The Morgan fingerprint density at radius 2 is 2.11 bits per heavy atom. The predicted molar refractivity (Wildman–Crippen MR) is 128 cm³/mol. The third-order valence-electron chi connectivity index (χ3n) is 5.01. The summed E-state index contributed by atoms with van der Waals surface area (Å²) in [6.07, 6.45) is 1.57. The van der Waals surface area contributed by atoms with Gasteiger partial charge in [0.25, 0.3) is 17.5 Å². The molecule has 3 N–H and O–H groups in total. The van der Waals surface area contributed by atoms with Crippen LogP contribution in [0.2, 0.25) is 0 Å². The lowest BCUT2D eigenvalue weighted by Gasteiger charge is -2.48. The van der Waals surface area contributed by atoms with E-state index in [0.717, 1.165) is 11.5 Å². The first-order chi connectivity index (χ1) is 17.3. The number of benzene rings is 1. The highest BCUT2D eigenvalue weighted by atomic mass is 32.2. The molecule has 188 valence electrons. The van der Waals surface area contributed by atoms with Crippen LogP contribution < -0.4 is 11.1 Å². The number of amides is 2. The van der Waals surface area contributed by atoms with Gasteiger partial charge in [-0.1, -0.05) is 5.16 Å². The standard InChI is InChI=1S/C20H19N7O7S2/c1-2-34-24-13(15-23-20(21)36-25-15)16(28)22-14-17(29)26-12(7-8-35-18(14)26)19(30)33-9-10-3-5-11(6-4-10)27(31)32/h3-7,14,18H,2,8-9H2,1H3,(H,22,28)(H2,21,23,25)/t14?,18-/m0/s1. The highest BCUT2D eigenvalue weighted by molar-refractivity contribution is 8.00. The summed E-state index contributed by atoms with van der Waals surface area (Å²) in [6, 6.07) is 4.65. The summed E-state index contributed by atoms with van der Waals surface area (Å²) >= 11 is 2.24. The van der Waals surface area contributed by atoms with Crippen LogP contribution in [0.1, 0.15) is 18.3 Å². The summed E-state index contributed by atoms with van der Waals surface area (Å²) < 4.78 is 9.26. The molecule has 0 bridgehead atoms. The number of esters is 1. The molecule has 2 amide bonds. The Hall–Kier alpha value is -4.05. The zero-order chi connectivity index (χ0) is 25.8. The van der Waals surface area contributed by atoms with Crippen LogP contribution in [0.3, 0.4) is 0 Å². The number of β-lactam (4-membered cyclic amide) rings is 1. The van der Waals surface area contributed by atoms with E-state index < -0.39 is 34.1 Å². The van der Waals surface area contributed by atoms with Gasteiger partial charge >= 0.3 is 5.97 Å². The van der Waals surface area contributed by atoms with Crippen LogP contribution in [-0.4, -0.2) is 66.5 Å². The van der Waals surface area contributed by atoms with Crippen molar-refractivity contribution >= 4 is 57.6 Å². The Labute approximate surface area is 211 Å². The topological polar surface area (TPSA) is 192 Å². The number of nitrogens with two attached hydrogens (primary N) is 1. The highest BCUT2D eigenvalue weighted by Crippen LogP contribution is 2.38. The third kappa shape index (κ3) is 5.13. The van der Waals surface area contributed by atoms with Crippen LogP contribution in [0.5, 0.6) is 0 Å². The van der Waals surface area contributed by atoms with Gasteiger partial charge in [-0.3, -0.25) is 24.6 Å². The molecule has 0 saturated carbocycles. The fourth-order valence-electron chi connectivity index (χ4n) is 3.32. The van der Waals surface area contributed by atoms with Gasteiger partial charge in [0.15, 0.2) is 5.13 Å². The number of nitrogens with zero attached hydrogens (tertiary/aromatic N) is 5. The predicted octanol–water partition coefficient (Wildman–Crippen LogP) is 0.796. The van der Waals surface area contributed by atoms with E-state index in [2.05, 4.69) is 19.8 Å². The number of nitro benzene ring substituents is 1. The van der Waals surface area contributed by atoms with E-state index in [-0.39, 0.29) is 41.3 Å². The van der Waals surface area contributed by atoms with Crippen LogP contribution in [0.15, 0.2) is 41.2 Å². The molecule has 2 aromatic rings. The van der Waals surface area contributed by atoms with Crippen molar-refractivity contribution in [2.45, 2.75) is 24.9 Å². The fourth-order valence-corrected chi connectivity index (χ4v) is 4.95. The molecule has 14 nitrogen and oxygen atoms in total.